The monoisotopic (exact) mass is 414 g/mol. The third-order valence-electron chi connectivity index (χ3n) is 3.65. The van der Waals surface area contributed by atoms with Crippen LogP contribution >= 0.6 is 11.6 Å². The van der Waals surface area contributed by atoms with Crippen molar-refractivity contribution >= 4 is 42.6 Å². The SMILES string of the molecule is CS(=O)(=O)OCCc1cc2c(Cl)nccc2n1S(=O)(=O)c1ccccc1. The summed E-state index contributed by atoms with van der Waals surface area (Å²) in [7, 11) is -7.54. The van der Waals surface area contributed by atoms with Crippen LogP contribution in [0, 0.1) is 0 Å². The predicted molar refractivity (Wildman–Crippen MR) is 98.3 cm³/mol. The van der Waals surface area contributed by atoms with Gasteiger partial charge in [-0.15, -0.1) is 0 Å². The first kappa shape index (κ1) is 18.8. The first-order chi connectivity index (χ1) is 12.2. The highest BCUT2D eigenvalue weighted by Crippen LogP contribution is 2.29. The highest BCUT2D eigenvalue weighted by atomic mass is 35.5. The Kier molecular flexibility index (Phi) is 5.07. The summed E-state index contributed by atoms with van der Waals surface area (Å²) in [4.78, 5) is 4.07. The lowest BCUT2D eigenvalue weighted by Gasteiger charge is -2.12. The van der Waals surface area contributed by atoms with Crippen molar-refractivity contribution in [3.8, 4) is 0 Å². The molecule has 138 valence electrons. The van der Waals surface area contributed by atoms with E-state index in [1.54, 1.807) is 30.3 Å². The van der Waals surface area contributed by atoms with Crippen molar-refractivity contribution in [2.75, 3.05) is 12.9 Å². The topological polar surface area (TPSA) is 95.3 Å². The molecule has 0 fully saturated rings. The summed E-state index contributed by atoms with van der Waals surface area (Å²) in [5.74, 6) is 0. The molecule has 26 heavy (non-hydrogen) atoms. The van der Waals surface area contributed by atoms with Crippen LogP contribution in [0.5, 0.6) is 0 Å². The summed E-state index contributed by atoms with van der Waals surface area (Å²) in [5.41, 5.74) is 0.714. The number of rotatable bonds is 6. The molecular weight excluding hydrogens is 400 g/mol. The summed E-state index contributed by atoms with van der Waals surface area (Å²) in [6.45, 7) is -0.190. The van der Waals surface area contributed by atoms with Gasteiger partial charge in [-0.1, -0.05) is 29.8 Å². The van der Waals surface area contributed by atoms with Gasteiger partial charge in [-0.3, -0.25) is 4.18 Å². The molecule has 0 aliphatic heterocycles. The van der Waals surface area contributed by atoms with Gasteiger partial charge in [0.05, 0.1) is 23.3 Å². The largest absolute Gasteiger partial charge is 0.270 e. The minimum Gasteiger partial charge on any atom is -0.270 e. The fraction of sp³-hybridized carbons (Fsp3) is 0.188. The molecule has 1 aromatic carbocycles. The Morgan fingerprint density at radius 3 is 2.46 bits per heavy atom. The lowest BCUT2D eigenvalue weighted by atomic mass is 10.3. The van der Waals surface area contributed by atoms with Crippen LogP contribution in [-0.4, -0.2) is 38.7 Å². The summed E-state index contributed by atoms with van der Waals surface area (Å²) in [5, 5.41) is 0.623. The second-order valence-electron chi connectivity index (χ2n) is 5.53. The van der Waals surface area contributed by atoms with Crippen LogP contribution in [0.3, 0.4) is 0 Å². The molecule has 0 saturated carbocycles. The fourth-order valence-electron chi connectivity index (χ4n) is 2.58. The van der Waals surface area contributed by atoms with Gasteiger partial charge in [-0.25, -0.2) is 17.4 Å². The number of nitrogens with zero attached hydrogens (tertiary/aromatic N) is 2. The van der Waals surface area contributed by atoms with E-state index in [1.165, 1.54) is 18.3 Å². The zero-order valence-corrected chi connectivity index (χ0v) is 16.1. The molecule has 3 aromatic rings. The highest BCUT2D eigenvalue weighted by Gasteiger charge is 2.24. The second-order valence-corrected chi connectivity index (χ2v) is 9.32. The van der Waals surface area contributed by atoms with Crippen molar-refractivity contribution in [3.05, 3.63) is 59.5 Å². The Bertz CT molecular complexity index is 1160. The zero-order chi connectivity index (χ0) is 18.9. The molecule has 2 aromatic heterocycles. The van der Waals surface area contributed by atoms with Crippen molar-refractivity contribution in [2.45, 2.75) is 11.3 Å². The summed E-state index contributed by atoms with van der Waals surface area (Å²) >= 11 is 6.10. The molecular formula is C16H15ClN2O5S2. The van der Waals surface area contributed by atoms with E-state index in [-0.39, 0.29) is 23.1 Å². The van der Waals surface area contributed by atoms with Gasteiger partial charge in [-0.05, 0) is 24.3 Å². The van der Waals surface area contributed by atoms with Crippen molar-refractivity contribution < 1.29 is 21.0 Å². The van der Waals surface area contributed by atoms with Gasteiger partial charge < -0.3 is 0 Å². The number of halogens is 1. The van der Waals surface area contributed by atoms with E-state index in [1.807, 2.05) is 0 Å². The molecule has 0 atom stereocenters. The Labute approximate surface area is 156 Å². The number of hydrogen-bond acceptors (Lipinski definition) is 6. The molecule has 10 heteroatoms. The number of benzene rings is 1. The molecule has 0 aliphatic carbocycles. The van der Waals surface area contributed by atoms with Crippen molar-refractivity contribution in [1.82, 2.24) is 8.96 Å². The van der Waals surface area contributed by atoms with Gasteiger partial charge in [0.15, 0.2) is 0 Å². The molecule has 0 unspecified atom stereocenters. The maximum absolute atomic E-state index is 13.1. The average molecular weight is 415 g/mol. The Balaban J connectivity index is 2.16. The molecule has 0 aliphatic rings. The van der Waals surface area contributed by atoms with Gasteiger partial charge >= 0.3 is 0 Å². The van der Waals surface area contributed by atoms with Crippen LogP contribution < -0.4 is 0 Å². The number of pyridine rings is 1. The molecule has 0 spiro atoms. The van der Waals surface area contributed by atoms with Crippen molar-refractivity contribution in [3.63, 3.8) is 0 Å². The quantitative estimate of drug-likeness (QED) is 0.454. The Hall–Kier alpha value is -1.94. The van der Waals surface area contributed by atoms with E-state index in [0.717, 1.165) is 10.2 Å². The standard InChI is InChI=1S/C16H15ClN2O5S2/c1-25(20,21)24-10-8-12-11-14-15(7-9-18-16(14)17)19(12)26(22,23)13-5-3-2-4-6-13/h2-7,9,11H,8,10H2,1H3. The van der Waals surface area contributed by atoms with E-state index in [4.69, 9.17) is 15.8 Å². The molecule has 0 N–H and O–H groups in total. The van der Waals surface area contributed by atoms with E-state index >= 15 is 0 Å². The zero-order valence-electron chi connectivity index (χ0n) is 13.7. The second kappa shape index (κ2) is 6.99. The normalized spacial score (nSPS) is 12.5. The Morgan fingerprint density at radius 2 is 1.81 bits per heavy atom. The minimum atomic E-state index is -3.91. The maximum Gasteiger partial charge on any atom is 0.268 e. The molecule has 0 radical (unpaired) electrons. The van der Waals surface area contributed by atoms with Crippen molar-refractivity contribution in [2.24, 2.45) is 0 Å². The smallest absolute Gasteiger partial charge is 0.268 e. The maximum atomic E-state index is 13.1. The molecule has 3 rings (SSSR count). The highest BCUT2D eigenvalue weighted by molar-refractivity contribution is 7.90. The summed E-state index contributed by atoms with van der Waals surface area (Å²) < 4.78 is 54.5. The van der Waals surface area contributed by atoms with E-state index in [9.17, 15) is 16.8 Å². The lowest BCUT2D eigenvalue weighted by molar-refractivity contribution is 0.324. The van der Waals surface area contributed by atoms with Crippen LogP contribution in [0.25, 0.3) is 10.9 Å². The molecule has 0 amide bonds. The van der Waals surface area contributed by atoms with E-state index < -0.39 is 20.1 Å². The van der Waals surface area contributed by atoms with Crippen LogP contribution in [0.2, 0.25) is 5.15 Å². The minimum absolute atomic E-state index is 0.0597. The molecule has 2 heterocycles. The predicted octanol–water partition coefficient (Wildman–Crippen LogP) is 2.45. The summed E-state index contributed by atoms with van der Waals surface area (Å²) in [6.07, 6.45) is 2.41. The molecule has 0 bridgehead atoms. The van der Waals surface area contributed by atoms with E-state index in [0.29, 0.717) is 16.6 Å². The van der Waals surface area contributed by atoms with Gasteiger partial charge in [0.2, 0.25) is 0 Å². The first-order valence-electron chi connectivity index (χ1n) is 7.50. The number of aromatic nitrogens is 2. The number of hydrogen-bond donors (Lipinski definition) is 0. The van der Waals surface area contributed by atoms with E-state index in [2.05, 4.69) is 4.98 Å². The summed E-state index contributed by atoms with van der Waals surface area (Å²) in [6, 6.07) is 11.1. The van der Waals surface area contributed by atoms with Gasteiger partial charge in [0.25, 0.3) is 20.1 Å². The van der Waals surface area contributed by atoms with Crippen LogP contribution in [0.4, 0.5) is 0 Å². The van der Waals surface area contributed by atoms with Gasteiger partial charge in [0, 0.05) is 23.7 Å². The first-order valence-corrected chi connectivity index (χ1v) is 11.1. The third kappa shape index (κ3) is 3.75. The molecule has 7 nitrogen and oxygen atoms in total. The van der Waals surface area contributed by atoms with Crippen molar-refractivity contribution in [1.29, 1.82) is 0 Å². The number of fused-ring (bicyclic) bond motifs is 1. The van der Waals surface area contributed by atoms with Gasteiger partial charge in [0.1, 0.15) is 5.15 Å². The Morgan fingerprint density at radius 1 is 1.12 bits per heavy atom. The van der Waals surface area contributed by atoms with Crippen LogP contribution in [0.1, 0.15) is 5.69 Å². The van der Waals surface area contributed by atoms with Crippen LogP contribution in [0.15, 0.2) is 53.6 Å². The third-order valence-corrected chi connectivity index (χ3v) is 6.32. The van der Waals surface area contributed by atoms with Crippen LogP contribution in [-0.2, 0) is 30.7 Å². The average Bonchev–Trinajstić information content (AvgIpc) is 2.95. The van der Waals surface area contributed by atoms with Gasteiger partial charge in [-0.2, -0.15) is 8.42 Å². The fourth-order valence-corrected chi connectivity index (χ4v) is 4.76. The molecule has 0 saturated heterocycles. The lowest BCUT2D eigenvalue weighted by Crippen LogP contribution is -2.17.